The maximum atomic E-state index is 5.62. The Kier molecular flexibility index (Phi) is 2.99. The number of rotatable bonds is 3. The molecule has 15 heavy (non-hydrogen) atoms. The summed E-state index contributed by atoms with van der Waals surface area (Å²) in [7, 11) is 0. The molecule has 0 spiro atoms. The van der Waals surface area contributed by atoms with Crippen molar-refractivity contribution in [2.75, 3.05) is 12.3 Å². The third kappa shape index (κ3) is 2.34. The average molecular weight is 219 g/mol. The largest absolute Gasteiger partial charge is 0.399 e. The molecule has 1 heterocycles. The van der Waals surface area contributed by atoms with Gasteiger partial charge in [0, 0.05) is 23.1 Å². The Labute approximate surface area is 92.8 Å². The van der Waals surface area contributed by atoms with Gasteiger partial charge in [0.2, 0.25) is 0 Å². The summed E-state index contributed by atoms with van der Waals surface area (Å²) in [4.78, 5) is 4.50. The van der Waals surface area contributed by atoms with Gasteiger partial charge in [0.05, 0.1) is 5.69 Å². The fraction of sp³-hybridized carbons (Fsp3) is 0.182. The fourth-order valence-corrected chi connectivity index (χ4v) is 2.19. The second-order valence-corrected chi connectivity index (χ2v) is 4.16. The molecule has 0 saturated heterocycles. The first kappa shape index (κ1) is 10.1. The highest BCUT2D eigenvalue weighted by Gasteiger charge is 2.03. The molecule has 1 aromatic carbocycles. The van der Waals surface area contributed by atoms with E-state index in [4.69, 9.17) is 11.5 Å². The van der Waals surface area contributed by atoms with Gasteiger partial charge in [0.25, 0.3) is 0 Å². The van der Waals surface area contributed by atoms with Gasteiger partial charge in [-0.3, -0.25) is 0 Å². The summed E-state index contributed by atoms with van der Waals surface area (Å²) in [5, 5.41) is 3.08. The summed E-state index contributed by atoms with van der Waals surface area (Å²) in [5.41, 5.74) is 14.0. The van der Waals surface area contributed by atoms with Crippen LogP contribution in [0.25, 0.3) is 10.6 Å². The van der Waals surface area contributed by atoms with E-state index in [9.17, 15) is 0 Å². The summed E-state index contributed by atoms with van der Waals surface area (Å²) in [6.07, 6.45) is 0.839. The predicted octanol–water partition coefficient (Wildman–Crippen LogP) is 1.89. The lowest BCUT2D eigenvalue weighted by molar-refractivity contribution is 0.936. The lowest BCUT2D eigenvalue weighted by Crippen LogP contribution is -2.02. The molecule has 4 heteroatoms. The maximum Gasteiger partial charge on any atom is 0.123 e. The van der Waals surface area contributed by atoms with Crippen LogP contribution in [0, 0.1) is 0 Å². The lowest BCUT2D eigenvalue weighted by Gasteiger charge is -1.96. The highest BCUT2D eigenvalue weighted by atomic mass is 32.1. The van der Waals surface area contributed by atoms with Crippen LogP contribution < -0.4 is 11.5 Å². The first-order valence-corrected chi connectivity index (χ1v) is 5.68. The molecule has 4 N–H and O–H groups in total. The molecule has 0 radical (unpaired) electrons. The Morgan fingerprint density at radius 3 is 2.60 bits per heavy atom. The highest BCUT2D eigenvalue weighted by molar-refractivity contribution is 7.13. The smallest absolute Gasteiger partial charge is 0.123 e. The van der Waals surface area contributed by atoms with E-state index < -0.39 is 0 Å². The van der Waals surface area contributed by atoms with Crippen molar-refractivity contribution in [1.82, 2.24) is 4.98 Å². The number of nitrogens with two attached hydrogens (primary N) is 2. The summed E-state index contributed by atoms with van der Waals surface area (Å²) in [5.74, 6) is 0. The van der Waals surface area contributed by atoms with Crippen molar-refractivity contribution < 1.29 is 0 Å². The summed E-state index contributed by atoms with van der Waals surface area (Å²) in [6.45, 7) is 0.644. The summed E-state index contributed by atoms with van der Waals surface area (Å²) < 4.78 is 0. The van der Waals surface area contributed by atoms with Crippen LogP contribution in [-0.4, -0.2) is 11.5 Å². The monoisotopic (exact) mass is 219 g/mol. The van der Waals surface area contributed by atoms with E-state index in [0.717, 1.165) is 28.4 Å². The number of aromatic nitrogens is 1. The lowest BCUT2D eigenvalue weighted by atomic mass is 10.2. The molecule has 1 aromatic heterocycles. The number of nitrogen functional groups attached to an aromatic ring is 1. The Bertz CT molecular complexity index is 433. The molecule has 0 aliphatic carbocycles. The topological polar surface area (TPSA) is 64.9 Å². The van der Waals surface area contributed by atoms with Crippen LogP contribution in [0.15, 0.2) is 29.6 Å². The molecule has 0 bridgehead atoms. The minimum Gasteiger partial charge on any atom is -0.399 e. The van der Waals surface area contributed by atoms with Gasteiger partial charge < -0.3 is 11.5 Å². The van der Waals surface area contributed by atoms with Crippen LogP contribution in [0.2, 0.25) is 0 Å². The van der Waals surface area contributed by atoms with Crippen LogP contribution in [0.1, 0.15) is 5.69 Å². The van der Waals surface area contributed by atoms with Crippen LogP contribution in [0.4, 0.5) is 5.69 Å². The zero-order chi connectivity index (χ0) is 10.7. The van der Waals surface area contributed by atoms with Crippen molar-refractivity contribution in [2.24, 2.45) is 5.73 Å². The second kappa shape index (κ2) is 4.42. The average Bonchev–Trinajstić information content (AvgIpc) is 2.68. The Balaban J connectivity index is 2.25. The van der Waals surface area contributed by atoms with E-state index in [1.54, 1.807) is 11.3 Å². The van der Waals surface area contributed by atoms with Crippen molar-refractivity contribution in [1.29, 1.82) is 0 Å². The van der Waals surface area contributed by atoms with E-state index in [-0.39, 0.29) is 0 Å². The Hall–Kier alpha value is -1.39. The number of anilines is 1. The van der Waals surface area contributed by atoms with Crippen LogP contribution in [0.3, 0.4) is 0 Å². The normalized spacial score (nSPS) is 10.5. The molecule has 0 aliphatic rings. The Morgan fingerprint density at radius 2 is 1.93 bits per heavy atom. The van der Waals surface area contributed by atoms with Gasteiger partial charge in [-0.05, 0) is 30.8 Å². The van der Waals surface area contributed by atoms with Crippen molar-refractivity contribution >= 4 is 17.0 Å². The van der Waals surface area contributed by atoms with E-state index in [1.807, 2.05) is 24.3 Å². The molecule has 0 aliphatic heterocycles. The predicted molar refractivity (Wildman–Crippen MR) is 64.7 cm³/mol. The molecule has 3 nitrogen and oxygen atoms in total. The summed E-state index contributed by atoms with van der Waals surface area (Å²) >= 11 is 1.64. The van der Waals surface area contributed by atoms with E-state index in [2.05, 4.69) is 10.4 Å². The van der Waals surface area contributed by atoms with E-state index >= 15 is 0 Å². The molecular formula is C11H13N3S. The van der Waals surface area contributed by atoms with Crippen LogP contribution in [0.5, 0.6) is 0 Å². The van der Waals surface area contributed by atoms with Gasteiger partial charge in [0.15, 0.2) is 0 Å². The molecule has 2 aromatic rings. The highest BCUT2D eigenvalue weighted by Crippen LogP contribution is 2.24. The molecule has 2 rings (SSSR count). The number of nitrogens with zero attached hydrogens (tertiary/aromatic N) is 1. The van der Waals surface area contributed by atoms with E-state index in [0.29, 0.717) is 6.54 Å². The van der Waals surface area contributed by atoms with Gasteiger partial charge in [-0.2, -0.15) is 0 Å². The Morgan fingerprint density at radius 1 is 1.20 bits per heavy atom. The minimum atomic E-state index is 0.644. The van der Waals surface area contributed by atoms with Gasteiger partial charge in [0.1, 0.15) is 5.01 Å². The molecular weight excluding hydrogens is 206 g/mol. The molecule has 0 amide bonds. The first-order valence-electron chi connectivity index (χ1n) is 4.80. The quantitative estimate of drug-likeness (QED) is 0.775. The van der Waals surface area contributed by atoms with Gasteiger partial charge >= 0.3 is 0 Å². The standard InChI is InChI=1S/C11H13N3S/c12-6-5-10-7-15-11(14-10)8-1-3-9(13)4-2-8/h1-4,7H,5-6,12-13H2. The minimum absolute atomic E-state index is 0.644. The number of benzene rings is 1. The molecule has 78 valence electrons. The summed E-state index contributed by atoms with van der Waals surface area (Å²) in [6, 6.07) is 7.75. The van der Waals surface area contributed by atoms with Crippen LogP contribution in [-0.2, 0) is 6.42 Å². The van der Waals surface area contributed by atoms with Crippen molar-refractivity contribution in [3.8, 4) is 10.6 Å². The van der Waals surface area contributed by atoms with Gasteiger partial charge in [-0.25, -0.2) is 4.98 Å². The molecule has 0 atom stereocenters. The van der Waals surface area contributed by atoms with Crippen molar-refractivity contribution in [2.45, 2.75) is 6.42 Å². The first-order chi connectivity index (χ1) is 7.29. The fourth-order valence-electron chi connectivity index (χ4n) is 1.33. The zero-order valence-corrected chi connectivity index (χ0v) is 9.13. The SMILES string of the molecule is NCCc1csc(-c2ccc(N)cc2)n1. The van der Waals surface area contributed by atoms with Gasteiger partial charge in [-0.15, -0.1) is 11.3 Å². The molecule has 0 fully saturated rings. The van der Waals surface area contributed by atoms with E-state index in [1.165, 1.54) is 0 Å². The second-order valence-electron chi connectivity index (χ2n) is 3.30. The molecule has 0 saturated carbocycles. The number of thiazole rings is 1. The third-order valence-corrected chi connectivity index (χ3v) is 3.05. The third-order valence-electron chi connectivity index (χ3n) is 2.11. The van der Waals surface area contributed by atoms with Crippen molar-refractivity contribution in [3.05, 3.63) is 35.3 Å². The van der Waals surface area contributed by atoms with Crippen LogP contribution >= 0.6 is 11.3 Å². The number of hydrogen-bond donors (Lipinski definition) is 2. The number of hydrogen-bond acceptors (Lipinski definition) is 4. The molecule has 0 unspecified atom stereocenters. The van der Waals surface area contributed by atoms with Crippen molar-refractivity contribution in [3.63, 3.8) is 0 Å². The maximum absolute atomic E-state index is 5.62. The zero-order valence-electron chi connectivity index (χ0n) is 8.31. The van der Waals surface area contributed by atoms with Gasteiger partial charge in [-0.1, -0.05) is 0 Å².